The highest BCUT2D eigenvalue weighted by Crippen LogP contribution is 2.18. The van der Waals surface area contributed by atoms with Crippen molar-refractivity contribution in [2.45, 2.75) is 19.4 Å². The summed E-state index contributed by atoms with van der Waals surface area (Å²) in [7, 11) is 1.83. The van der Waals surface area contributed by atoms with Gasteiger partial charge in [-0.1, -0.05) is 54.6 Å². The number of benzene rings is 2. The normalized spacial score (nSPS) is 12.0. The van der Waals surface area contributed by atoms with E-state index in [-0.39, 0.29) is 11.8 Å². The first-order valence-electron chi connectivity index (χ1n) is 7.18. The Kier molecular flexibility index (Phi) is 5.12. The lowest BCUT2D eigenvalue weighted by atomic mass is 9.97. The van der Waals surface area contributed by atoms with Crippen molar-refractivity contribution in [1.82, 2.24) is 4.90 Å². The second-order valence-corrected chi connectivity index (χ2v) is 5.32. The molecule has 0 fully saturated rings. The van der Waals surface area contributed by atoms with Crippen molar-refractivity contribution < 1.29 is 4.79 Å². The van der Waals surface area contributed by atoms with Crippen LogP contribution in [0, 0.1) is 6.92 Å². The molecule has 1 unspecified atom stereocenters. The van der Waals surface area contributed by atoms with Gasteiger partial charge in [-0.25, -0.2) is 0 Å². The quantitative estimate of drug-likeness (QED) is 0.916. The minimum atomic E-state index is -0.278. The summed E-state index contributed by atoms with van der Waals surface area (Å²) in [5.74, 6) is -0.216. The molecule has 110 valence electrons. The van der Waals surface area contributed by atoms with E-state index in [0.29, 0.717) is 13.1 Å². The molecule has 0 bridgehead atoms. The maximum absolute atomic E-state index is 12.6. The minimum Gasteiger partial charge on any atom is -0.341 e. The van der Waals surface area contributed by atoms with Crippen LogP contribution in [0.3, 0.4) is 0 Å². The molecule has 0 saturated carbocycles. The highest BCUT2D eigenvalue weighted by Gasteiger charge is 2.22. The van der Waals surface area contributed by atoms with Crippen LogP contribution in [0.4, 0.5) is 0 Å². The Morgan fingerprint density at radius 3 is 2.33 bits per heavy atom. The highest BCUT2D eigenvalue weighted by atomic mass is 16.2. The number of carbonyl (C=O) groups is 1. The molecule has 0 aliphatic rings. The van der Waals surface area contributed by atoms with Gasteiger partial charge in [0.2, 0.25) is 5.91 Å². The number of amides is 1. The highest BCUT2D eigenvalue weighted by molar-refractivity contribution is 5.83. The Labute approximate surface area is 126 Å². The van der Waals surface area contributed by atoms with Crippen LogP contribution in [0.2, 0.25) is 0 Å². The van der Waals surface area contributed by atoms with Gasteiger partial charge in [-0.15, -0.1) is 0 Å². The van der Waals surface area contributed by atoms with Crippen LogP contribution in [-0.4, -0.2) is 24.4 Å². The number of hydrogen-bond donors (Lipinski definition) is 1. The van der Waals surface area contributed by atoms with E-state index in [1.54, 1.807) is 4.90 Å². The predicted octanol–water partition coefficient (Wildman–Crippen LogP) is 2.70. The van der Waals surface area contributed by atoms with Crippen molar-refractivity contribution in [1.29, 1.82) is 0 Å². The molecule has 0 aliphatic carbocycles. The first-order valence-corrected chi connectivity index (χ1v) is 7.18. The number of carbonyl (C=O) groups excluding carboxylic acids is 1. The van der Waals surface area contributed by atoms with E-state index in [1.165, 1.54) is 5.56 Å². The van der Waals surface area contributed by atoms with Gasteiger partial charge in [0, 0.05) is 20.1 Å². The van der Waals surface area contributed by atoms with Gasteiger partial charge in [-0.3, -0.25) is 4.79 Å². The van der Waals surface area contributed by atoms with Crippen LogP contribution < -0.4 is 5.73 Å². The molecule has 2 aromatic carbocycles. The standard InChI is InChI=1S/C18H22N2O/c1-14-8-6-7-11-16(14)13-20(2)18(21)17(12-19)15-9-4-3-5-10-15/h3-11,17H,12-13,19H2,1-2H3. The molecule has 0 aliphatic heterocycles. The summed E-state index contributed by atoms with van der Waals surface area (Å²) in [5.41, 5.74) is 9.15. The average molecular weight is 282 g/mol. The van der Waals surface area contributed by atoms with Gasteiger partial charge in [0.15, 0.2) is 0 Å². The number of nitrogens with zero attached hydrogens (tertiary/aromatic N) is 1. The molecule has 3 nitrogen and oxygen atoms in total. The van der Waals surface area contributed by atoms with Gasteiger partial charge in [0.25, 0.3) is 0 Å². The number of nitrogens with two attached hydrogens (primary N) is 1. The Hall–Kier alpha value is -2.13. The molecule has 21 heavy (non-hydrogen) atoms. The van der Waals surface area contributed by atoms with Crippen LogP contribution in [0.25, 0.3) is 0 Å². The van der Waals surface area contributed by atoms with Crippen molar-refractivity contribution in [3.8, 4) is 0 Å². The fourth-order valence-corrected chi connectivity index (χ4v) is 2.45. The van der Waals surface area contributed by atoms with Crippen molar-refractivity contribution in [3.05, 3.63) is 71.3 Å². The number of aryl methyl sites for hydroxylation is 1. The lowest BCUT2D eigenvalue weighted by Crippen LogP contribution is -2.35. The van der Waals surface area contributed by atoms with Crippen LogP contribution in [-0.2, 0) is 11.3 Å². The predicted molar refractivity (Wildman–Crippen MR) is 85.9 cm³/mol. The summed E-state index contributed by atoms with van der Waals surface area (Å²) in [6.45, 7) is 2.99. The van der Waals surface area contributed by atoms with E-state index in [1.807, 2.05) is 49.5 Å². The maximum atomic E-state index is 12.6. The molecule has 0 spiro atoms. The minimum absolute atomic E-state index is 0.0620. The number of likely N-dealkylation sites (N-methyl/N-ethyl adjacent to an activating group) is 1. The average Bonchev–Trinajstić information content (AvgIpc) is 2.51. The summed E-state index contributed by atoms with van der Waals surface area (Å²) >= 11 is 0. The lowest BCUT2D eigenvalue weighted by molar-refractivity contribution is -0.131. The summed E-state index contributed by atoms with van der Waals surface area (Å²) in [4.78, 5) is 14.4. The largest absolute Gasteiger partial charge is 0.341 e. The van der Waals surface area contributed by atoms with E-state index in [4.69, 9.17) is 5.73 Å². The lowest BCUT2D eigenvalue weighted by Gasteiger charge is -2.24. The van der Waals surface area contributed by atoms with Crippen LogP contribution in [0.5, 0.6) is 0 Å². The summed E-state index contributed by atoms with van der Waals surface area (Å²) in [5, 5.41) is 0. The second kappa shape index (κ2) is 7.04. The molecule has 3 heteroatoms. The molecule has 0 saturated heterocycles. The zero-order valence-corrected chi connectivity index (χ0v) is 12.6. The summed E-state index contributed by atoms with van der Waals surface area (Å²) in [6, 6.07) is 17.8. The van der Waals surface area contributed by atoms with E-state index >= 15 is 0 Å². The molecular formula is C18H22N2O. The van der Waals surface area contributed by atoms with E-state index in [0.717, 1.165) is 11.1 Å². The Morgan fingerprint density at radius 2 is 1.71 bits per heavy atom. The first kappa shape index (κ1) is 15.3. The first-order chi connectivity index (χ1) is 10.1. The zero-order valence-electron chi connectivity index (χ0n) is 12.6. The van der Waals surface area contributed by atoms with Gasteiger partial charge in [-0.2, -0.15) is 0 Å². The van der Waals surface area contributed by atoms with Crippen molar-refractivity contribution in [2.75, 3.05) is 13.6 Å². The molecule has 0 radical (unpaired) electrons. The second-order valence-electron chi connectivity index (χ2n) is 5.32. The van der Waals surface area contributed by atoms with Crippen molar-refractivity contribution in [3.63, 3.8) is 0 Å². The van der Waals surface area contributed by atoms with E-state index in [9.17, 15) is 4.79 Å². The maximum Gasteiger partial charge on any atom is 0.231 e. The topological polar surface area (TPSA) is 46.3 Å². The third-order valence-electron chi connectivity index (χ3n) is 3.78. The number of rotatable bonds is 5. The van der Waals surface area contributed by atoms with E-state index < -0.39 is 0 Å². The van der Waals surface area contributed by atoms with Gasteiger partial charge in [-0.05, 0) is 23.6 Å². The third kappa shape index (κ3) is 3.70. The fourth-order valence-electron chi connectivity index (χ4n) is 2.45. The van der Waals surface area contributed by atoms with E-state index in [2.05, 4.69) is 19.1 Å². The summed E-state index contributed by atoms with van der Waals surface area (Å²) < 4.78 is 0. The molecule has 2 aromatic rings. The van der Waals surface area contributed by atoms with Crippen LogP contribution in [0.1, 0.15) is 22.6 Å². The smallest absolute Gasteiger partial charge is 0.231 e. The Bertz CT molecular complexity index is 595. The fraction of sp³-hybridized carbons (Fsp3) is 0.278. The van der Waals surface area contributed by atoms with Gasteiger partial charge >= 0.3 is 0 Å². The van der Waals surface area contributed by atoms with Crippen molar-refractivity contribution >= 4 is 5.91 Å². The van der Waals surface area contributed by atoms with Crippen LogP contribution in [0.15, 0.2) is 54.6 Å². The molecule has 0 heterocycles. The third-order valence-corrected chi connectivity index (χ3v) is 3.78. The molecule has 1 amide bonds. The molecule has 2 N–H and O–H groups in total. The zero-order chi connectivity index (χ0) is 15.2. The van der Waals surface area contributed by atoms with Crippen LogP contribution >= 0.6 is 0 Å². The SMILES string of the molecule is Cc1ccccc1CN(C)C(=O)C(CN)c1ccccc1. The van der Waals surface area contributed by atoms with Gasteiger partial charge < -0.3 is 10.6 Å². The van der Waals surface area contributed by atoms with Gasteiger partial charge in [0.1, 0.15) is 0 Å². The Balaban J connectivity index is 2.13. The molecule has 2 rings (SSSR count). The summed E-state index contributed by atoms with van der Waals surface area (Å²) in [6.07, 6.45) is 0. The Morgan fingerprint density at radius 1 is 1.10 bits per heavy atom. The monoisotopic (exact) mass is 282 g/mol. The molecule has 0 aromatic heterocycles. The van der Waals surface area contributed by atoms with Gasteiger partial charge in [0.05, 0.1) is 5.92 Å². The van der Waals surface area contributed by atoms with Crippen molar-refractivity contribution in [2.24, 2.45) is 5.73 Å². The number of hydrogen-bond acceptors (Lipinski definition) is 2. The molecular weight excluding hydrogens is 260 g/mol. The molecule has 1 atom stereocenters.